The lowest BCUT2D eigenvalue weighted by molar-refractivity contribution is -0.140. The van der Waals surface area contributed by atoms with Crippen molar-refractivity contribution in [3.05, 3.63) is 0 Å². The maximum absolute atomic E-state index is 11.9. The predicted molar refractivity (Wildman–Crippen MR) is 76.8 cm³/mol. The van der Waals surface area contributed by atoms with Crippen LogP contribution >= 0.6 is 0 Å². The number of likely N-dealkylation sites (tertiary alicyclic amines) is 1. The van der Waals surface area contributed by atoms with Gasteiger partial charge in [-0.2, -0.15) is 0 Å². The molecule has 1 saturated heterocycles. The van der Waals surface area contributed by atoms with E-state index in [1.807, 2.05) is 4.90 Å². The van der Waals surface area contributed by atoms with Gasteiger partial charge in [0.25, 0.3) is 0 Å². The highest BCUT2D eigenvalue weighted by atomic mass is 32.2. The number of hydrogen-bond acceptors (Lipinski definition) is 6. The number of carbonyl (C=O) groups is 2. The van der Waals surface area contributed by atoms with Gasteiger partial charge in [-0.05, 0) is 19.3 Å². The second-order valence-corrected chi connectivity index (χ2v) is 7.01. The molecule has 0 aromatic rings. The second-order valence-electron chi connectivity index (χ2n) is 5.13. The molecule has 1 rings (SSSR count). The van der Waals surface area contributed by atoms with Gasteiger partial charge in [-0.15, -0.1) is 0 Å². The highest BCUT2D eigenvalue weighted by Crippen LogP contribution is 2.11. The average Bonchev–Trinajstić information content (AvgIpc) is 2.39. The van der Waals surface area contributed by atoms with Crippen LogP contribution in [0.3, 0.4) is 0 Å². The topological polar surface area (TPSA) is 119 Å². The first-order valence-electron chi connectivity index (χ1n) is 6.90. The molecule has 0 spiro atoms. The molecule has 1 aliphatic rings. The van der Waals surface area contributed by atoms with Crippen LogP contribution in [-0.2, 0) is 24.3 Å². The summed E-state index contributed by atoms with van der Waals surface area (Å²) < 4.78 is 30.9. The minimum Gasteiger partial charge on any atom is -0.469 e. The van der Waals surface area contributed by atoms with Gasteiger partial charge in [-0.1, -0.05) is 0 Å². The van der Waals surface area contributed by atoms with Gasteiger partial charge in [0.2, 0.25) is 15.9 Å². The van der Waals surface area contributed by atoms with E-state index in [0.717, 1.165) is 0 Å². The smallest absolute Gasteiger partial charge is 0.305 e. The van der Waals surface area contributed by atoms with Crippen LogP contribution in [0.1, 0.15) is 25.7 Å². The molecule has 1 heterocycles. The summed E-state index contributed by atoms with van der Waals surface area (Å²) in [5.41, 5.74) is 5.12. The molecule has 0 aliphatic carbocycles. The molecule has 0 unspecified atom stereocenters. The molecule has 1 aliphatic heterocycles. The summed E-state index contributed by atoms with van der Waals surface area (Å²) in [7, 11) is -2.12. The number of piperidine rings is 1. The van der Waals surface area contributed by atoms with E-state index in [1.54, 1.807) is 0 Å². The van der Waals surface area contributed by atoms with Crippen molar-refractivity contribution >= 4 is 21.9 Å². The van der Waals surface area contributed by atoms with Crippen LogP contribution in [0.5, 0.6) is 0 Å². The molecule has 3 N–H and O–H groups in total. The molecule has 9 heteroatoms. The van der Waals surface area contributed by atoms with E-state index >= 15 is 0 Å². The molecule has 122 valence electrons. The number of hydrogen-bond donors (Lipinski definition) is 2. The third-order valence-corrected chi connectivity index (χ3v) is 4.85. The Labute approximate surface area is 125 Å². The summed E-state index contributed by atoms with van der Waals surface area (Å²) in [4.78, 5) is 23.6. The van der Waals surface area contributed by atoms with Gasteiger partial charge in [-0.25, -0.2) is 13.1 Å². The van der Waals surface area contributed by atoms with E-state index in [0.29, 0.717) is 25.9 Å². The van der Waals surface area contributed by atoms with Crippen LogP contribution in [0.2, 0.25) is 0 Å². The maximum atomic E-state index is 11.9. The number of sulfonamides is 1. The summed E-state index contributed by atoms with van der Waals surface area (Å²) in [6, 6.07) is -0.128. The van der Waals surface area contributed by atoms with Gasteiger partial charge in [0.15, 0.2) is 0 Å². The van der Waals surface area contributed by atoms with Crippen molar-refractivity contribution in [1.29, 1.82) is 0 Å². The molecular formula is C12H23N3O5S. The zero-order chi connectivity index (χ0) is 15.9. The molecule has 1 fully saturated rings. The number of ether oxygens (including phenoxy) is 1. The lowest BCUT2D eigenvalue weighted by atomic mass is 10.1. The van der Waals surface area contributed by atoms with Gasteiger partial charge in [0.05, 0.1) is 19.4 Å². The molecule has 0 bridgehead atoms. The number of nitrogens with zero attached hydrogens (tertiary/aromatic N) is 1. The SMILES string of the molecule is COC(=O)CCCS(=O)(=O)NC1CCN(CC(N)=O)CC1. The van der Waals surface area contributed by atoms with E-state index < -0.39 is 16.0 Å². The Hall–Kier alpha value is -1.19. The van der Waals surface area contributed by atoms with Gasteiger partial charge in [-0.3, -0.25) is 14.5 Å². The third-order valence-electron chi connectivity index (χ3n) is 3.33. The van der Waals surface area contributed by atoms with E-state index in [4.69, 9.17) is 5.73 Å². The van der Waals surface area contributed by atoms with Gasteiger partial charge >= 0.3 is 5.97 Å². The Morgan fingerprint density at radius 1 is 1.33 bits per heavy atom. The number of esters is 1. The molecule has 0 saturated carbocycles. The van der Waals surface area contributed by atoms with E-state index in [9.17, 15) is 18.0 Å². The van der Waals surface area contributed by atoms with E-state index in [-0.39, 0.29) is 37.1 Å². The van der Waals surface area contributed by atoms with Crippen molar-refractivity contribution in [2.24, 2.45) is 5.73 Å². The van der Waals surface area contributed by atoms with Crippen molar-refractivity contribution in [2.45, 2.75) is 31.7 Å². The standard InChI is InChI=1S/C12H23N3O5S/c1-20-12(17)3-2-8-21(18,19)14-10-4-6-15(7-5-10)9-11(13)16/h10,14H,2-9H2,1H3,(H2,13,16). The number of rotatable bonds is 8. The van der Waals surface area contributed by atoms with Crippen molar-refractivity contribution in [3.8, 4) is 0 Å². The van der Waals surface area contributed by atoms with Crippen molar-refractivity contribution < 1.29 is 22.7 Å². The number of methoxy groups -OCH3 is 1. The number of carbonyl (C=O) groups excluding carboxylic acids is 2. The largest absolute Gasteiger partial charge is 0.469 e. The Balaban J connectivity index is 2.30. The van der Waals surface area contributed by atoms with Crippen molar-refractivity contribution in [3.63, 3.8) is 0 Å². The Morgan fingerprint density at radius 3 is 2.48 bits per heavy atom. The van der Waals surface area contributed by atoms with E-state index in [1.165, 1.54) is 7.11 Å². The summed E-state index contributed by atoms with van der Waals surface area (Å²) in [6.07, 6.45) is 1.62. The Kier molecular flexibility index (Phi) is 7.06. The van der Waals surface area contributed by atoms with Gasteiger partial charge in [0.1, 0.15) is 0 Å². The van der Waals surface area contributed by atoms with Crippen LogP contribution in [0.25, 0.3) is 0 Å². The average molecular weight is 321 g/mol. The van der Waals surface area contributed by atoms with Gasteiger partial charge in [0, 0.05) is 25.6 Å². The lowest BCUT2D eigenvalue weighted by Crippen LogP contribution is -2.47. The monoisotopic (exact) mass is 321 g/mol. The Morgan fingerprint density at radius 2 is 1.95 bits per heavy atom. The fourth-order valence-corrected chi connectivity index (χ4v) is 3.64. The zero-order valence-electron chi connectivity index (χ0n) is 12.2. The summed E-state index contributed by atoms with van der Waals surface area (Å²) >= 11 is 0. The third kappa shape index (κ3) is 7.39. The molecular weight excluding hydrogens is 298 g/mol. The molecule has 0 atom stereocenters. The highest BCUT2D eigenvalue weighted by molar-refractivity contribution is 7.89. The Bertz CT molecular complexity index is 458. The van der Waals surface area contributed by atoms with Crippen LogP contribution in [0.15, 0.2) is 0 Å². The van der Waals surface area contributed by atoms with Crippen LogP contribution in [0, 0.1) is 0 Å². The number of primary amides is 1. The molecule has 0 radical (unpaired) electrons. The normalized spacial score (nSPS) is 17.6. The molecule has 0 aromatic heterocycles. The van der Waals surface area contributed by atoms with E-state index in [2.05, 4.69) is 9.46 Å². The number of nitrogens with one attached hydrogen (secondary N) is 1. The van der Waals surface area contributed by atoms with Gasteiger partial charge < -0.3 is 10.5 Å². The predicted octanol–water partition coefficient (Wildman–Crippen LogP) is -1.19. The first kappa shape index (κ1) is 17.9. The van der Waals surface area contributed by atoms with Crippen molar-refractivity contribution in [1.82, 2.24) is 9.62 Å². The lowest BCUT2D eigenvalue weighted by Gasteiger charge is -2.31. The molecule has 1 amide bonds. The maximum Gasteiger partial charge on any atom is 0.305 e. The number of amides is 1. The minimum absolute atomic E-state index is 0.0917. The molecule has 21 heavy (non-hydrogen) atoms. The zero-order valence-corrected chi connectivity index (χ0v) is 13.0. The number of nitrogens with two attached hydrogens (primary N) is 1. The summed E-state index contributed by atoms with van der Waals surface area (Å²) in [5.74, 6) is -0.884. The fraction of sp³-hybridized carbons (Fsp3) is 0.833. The highest BCUT2D eigenvalue weighted by Gasteiger charge is 2.24. The minimum atomic E-state index is -3.39. The second kappa shape index (κ2) is 8.30. The first-order chi connectivity index (χ1) is 9.82. The van der Waals surface area contributed by atoms with Crippen LogP contribution in [-0.4, -0.2) is 63.7 Å². The van der Waals surface area contributed by atoms with Crippen molar-refractivity contribution in [2.75, 3.05) is 32.5 Å². The quantitative estimate of drug-likeness (QED) is 0.543. The molecule has 0 aromatic carbocycles. The fourth-order valence-electron chi connectivity index (χ4n) is 2.25. The first-order valence-corrected chi connectivity index (χ1v) is 8.55. The summed E-state index contributed by atoms with van der Waals surface area (Å²) in [5, 5.41) is 0. The van der Waals surface area contributed by atoms with Crippen LogP contribution < -0.4 is 10.5 Å². The molecule has 8 nitrogen and oxygen atoms in total. The van der Waals surface area contributed by atoms with Crippen LogP contribution in [0.4, 0.5) is 0 Å². The summed E-state index contributed by atoms with van der Waals surface area (Å²) in [6.45, 7) is 1.48.